The number of fused-ring (bicyclic) bond motifs is 1. The third-order valence-electron chi connectivity index (χ3n) is 3.44. The van der Waals surface area contributed by atoms with Crippen LogP contribution in [0.15, 0.2) is 24.3 Å². The van der Waals surface area contributed by atoms with Crippen molar-refractivity contribution in [1.82, 2.24) is 9.88 Å². The van der Waals surface area contributed by atoms with Gasteiger partial charge in [0.1, 0.15) is 0 Å². The van der Waals surface area contributed by atoms with Crippen LogP contribution in [0.5, 0.6) is 0 Å². The van der Waals surface area contributed by atoms with Crippen LogP contribution in [0.25, 0.3) is 10.9 Å². The Bertz CT molecular complexity index is 540. The third kappa shape index (κ3) is 2.07. The van der Waals surface area contributed by atoms with Gasteiger partial charge in [0.15, 0.2) is 0 Å². The summed E-state index contributed by atoms with van der Waals surface area (Å²) in [4.78, 5) is 0. The quantitative estimate of drug-likeness (QED) is 0.876. The number of aryl methyl sites for hydroxylation is 1. The van der Waals surface area contributed by atoms with E-state index in [1.807, 2.05) is 12.1 Å². The van der Waals surface area contributed by atoms with E-state index >= 15 is 0 Å². The Morgan fingerprint density at radius 1 is 1.41 bits per heavy atom. The highest BCUT2D eigenvalue weighted by Crippen LogP contribution is 2.27. The minimum absolute atomic E-state index is 0.744. The Morgan fingerprint density at radius 2 is 2.24 bits per heavy atom. The summed E-state index contributed by atoms with van der Waals surface area (Å²) in [7, 11) is 0. The first-order chi connectivity index (χ1) is 8.29. The Kier molecular flexibility index (Phi) is 2.85. The fourth-order valence-corrected chi connectivity index (χ4v) is 2.58. The van der Waals surface area contributed by atoms with Crippen molar-refractivity contribution in [1.29, 1.82) is 0 Å². The van der Waals surface area contributed by atoms with E-state index in [0.717, 1.165) is 24.2 Å². The van der Waals surface area contributed by atoms with Gasteiger partial charge < -0.3 is 9.88 Å². The zero-order chi connectivity index (χ0) is 11.8. The zero-order valence-corrected chi connectivity index (χ0v) is 10.8. The van der Waals surface area contributed by atoms with E-state index in [4.69, 9.17) is 11.6 Å². The maximum absolute atomic E-state index is 6.24. The number of aromatic nitrogens is 1. The van der Waals surface area contributed by atoms with Crippen LogP contribution >= 0.6 is 11.6 Å². The molecule has 0 radical (unpaired) electrons. The van der Waals surface area contributed by atoms with Gasteiger partial charge in [-0.15, -0.1) is 0 Å². The molecule has 1 N–H and O–H groups in total. The average Bonchev–Trinajstić information content (AvgIpc) is 3.08. The van der Waals surface area contributed by atoms with Gasteiger partial charge in [-0.2, -0.15) is 0 Å². The first-order valence-electron chi connectivity index (χ1n) is 6.29. The topological polar surface area (TPSA) is 17.0 Å². The molecule has 3 heteroatoms. The monoisotopic (exact) mass is 248 g/mol. The molecule has 1 saturated carbocycles. The lowest BCUT2D eigenvalue weighted by molar-refractivity contribution is 0.634. The average molecular weight is 249 g/mol. The highest BCUT2D eigenvalue weighted by atomic mass is 35.5. The second-order valence-electron chi connectivity index (χ2n) is 4.71. The first kappa shape index (κ1) is 11.1. The van der Waals surface area contributed by atoms with Crippen molar-refractivity contribution in [2.45, 2.75) is 38.9 Å². The van der Waals surface area contributed by atoms with Crippen LogP contribution in [0.4, 0.5) is 0 Å². The molecule has 1 aliphatic rings. The highest BCUT2D eigenvalue weighted by Gasteiger charge is 2.21. The summed E-state index contributed by atoms with van der Waals surface area (Å²) in [6.07, 6.45) is 2.65. The third-order valence-corrected chi connectivity index (χ3v) is 3.77. The van der Waals surface area contributed by atoms with Gasteiger partial charge >= 0.3 is 0 Å². The molecule has 17 heavy (non-hydrogen) atoms. The number of halogens is 1. The Labute approximate surface area is 107 Å². The van der Waals surface area contributed by atoms with Gasteiger partial charge in [-0.05, 0) is 38.0 Å². The summed E-state index contributed by atoms with van der Waals surface area (Å²) >= 11 is 6.24. The lowest BCUT2D eigenvalue weighted by Gasteiger charge is -2.08. The molecule has 1 heterocycles. The van der Waals surface area contributed by atoms with E-state index in [9.17, 15) is 0 Å². The molecular formula is C14H17ClN2. The largest absolute Gasteiger partial charge is 0.344 e. The molecule has 0 saturated heterocycles. The van der Waals surface area contributed by atoms with Crippen molar-refractivity contribution in [2.75, 3.05) is 0 Å². The Balaban J connectivity index is 2.00. The normalized spacial score (nSPS) is 15.6. The van der Waals surface area contributed by atoms with E-state index in [0.29, 0.717) is 0 Å². The molecule has 1 aliphatic carbocycles. The van der Waals surface area contributed by atoms with Crippen molar-refractivity contribution < 1.29 is 0 Å². The van der Waals surface area contributed by atoms with Crippen molar-refractivity contribution in [3.63, 3.8) is 0 Å². The second kappa shape index (κ2) is 4.35. The second-order valence-corrected chi connectivity index (χ2v) is 5.11. The van der Waals surface area contributed by atoms with Crippen LogP contribution in [0.1, 0.15) is 25.5 Å². The summed E-state index contributed by atoms with van der Waals surface area (Å²) in [5.74, 6) is 0. The van der Waals surface area contributed by atoms with Gasteiger partial charge in [0.2, 0.25) is 0 Å². The number of nitrogens with zero attached hydrogens (tertiary/aromatic N) is 1. The van der Waals surface area contributed by atoms with E-state index < -0.39 is 0 Å². The van der Waals surface area contributed by atoms with Crippen LogP contribution < -0.4 is 5.32 Å². The van der Waals surface area contributed by atoms with Crippen molar-refractivity contribution in [3.05, 3.63) is 35.0 Å². The molecule has 0 amide bonds. The summed E-state index contributed by atoms with van der Waals surface area (Å²) in [5.41, 5.74) is 2.58. The van der Waals surface area contributed by atoms with Crippen molar-refractivity contribution in [3.8, 4) is 0 Å². The fraction of sp³-hybridized carbons (Fsp3) is 0.429. The Morgan fingerprint density at radius 3 is 2.94 bits per heavy atom. The highest BCUT2D eigenvalue weighted by molar-refractivity contribution is 6.35. The number of nitrogens with one attached hydrogen (secondary N) is 1. The van der Waals surface area contributed by atoms with E-state index in [1.54, 1.807) is 0 Å². The molecule has 0 unspecified atom stereocenters. The number of hydrogen-bond acceptors (Lipinski definition) is 1. The molecule has 0 bridgehead atoms. The van der Waals surface area contributed by atoms with Crippen molar-refractivity contribution >= 4 is 22.5 Å². The lowest BCUT2D eigenvalue weighted by atomic mass is 10.2. The molecule has 0 atom stereocenters. The number of benzene rings is 1. The van der Waals surface area contributed by atoms with Gasteiger partial charge in [-0.1, -0.05) is 17.7 Å². The molecule has 1 aromatic carbocycles. The van der Waals surface area contributed by atoms with Gasteiger partial charge in [-0.25, -0.2) is 0 Å². The SMILES string of the molecule is CCn1c(CNC2CC2)cc2c(Cl)cccc21. The predicted octanol–water partition coefficient (Wildman–Crippen LogP) is 3.57. The van der Waals surface area contributed by atoms with E-state index in [2.05, 4.69) is 28.9 Å². The lowest BCUT2D eigenvalue weighted by Crippen LogP contribution is -2.17. The predicted molar refractivity (Wildman–Crippen MR) is 72.5 cm³/mol. The molecule has 2 aromatic rings. The molecule has 1 aromatic heterocycles. The summed E-state index contributed by atoms with van der Waals surface area (Å²) in [6.45, 7) is 4.12. The molecule has 0 aliphatic heterocycles. The van der Waals surface area contributed by atoms with Gasteiger partial charge in [-0.3, -0.25) is 0 Å². The summed E-state index contributed by atoms with van der Waals surface area (Å²) in [5, 5.41) is 5.58. The van der Waals surface area contributed by atoms with Crippen LogP contribution in [-0.4, -0.2) is 10.6 Å². The smallest absolute Gasteiger partial charge is 0.0499 e. The molecule has 1 fully saturated rings. The van der Waals surface area contributed by atoms with E-state index in [1.165, 1.54) is 29.4 Å². The zero-order valence-electron chi connectivity index (χ0n) is 10.0. The number of rotatable bonds is 4. The van der Waals surface area contributed by atoms with E-state index in [-0.39, 0.29) is 0 Å². The van der Waals surface area contributed by atoms with Crippen molar-refractivity contribution in [2.24, 2.45) is 0 Å². The maximum Gasteiger partial charge on any atom is 0.0499 e. The summed E-state index contributed by atoms with van der Waals surface area (Å²) < 4.78 is 2.34. The van der Waals surface area contributed by atoms with Crippen LogP contribution in [0, 0.1) is 0 Å². The molecule has 3 rings (SSSR count). The standard InChI is InChI=1S/C14H17ClN2/c1-2-17-11(9-16-10-6-7-10)8-12-13(15)4-3-5-14(12)17/h3-5,8,10,16H,2,6-7,9H2,1H3. The Hall–Kier alpha value is -0.990. The minimum atomic E-state index is 0.744. The fourth-order valence-electron chi connectivity index (χ4n) is 2.36. The summed E-state index contributed by atoms with van der Waals surface area (Å²) in [6, 6.07) is 9.09. The number of hydrogen-bond donors (Lipinski definition) is 1. The van der Waals surface area contributed by atoms with Gasteiger partial charge in [0.05, 0.1) is 0 Å². The molecule has 90 valence electrons. The molecule has 2 nitrogen and oxygen atoms in total. The van der Waals surface area contributed by atoms with Crippen LogP contribution in [0.2, 0.25) is 5.02 Å². The van der Waals surface area contributed by atoms with Gasteiger partial charge in [0, 0.05) is 40.8 Å². The van der Waals surface area contributed by atoms with Crippen LogP contribution in [-0.2, 0) is 13.1 Å². The first-order valence-corrected chi connectivity index (χ1v) is 6.67. The maximum atomic E-state index is 6.24. The van der Waals surface area contributed by atoms with Crippen LogP contribution in [0.3, 0.4) is 0 Å². The van der Waals surface area contributed by atoms with Gasteiger partial charge in [0.25, 0.3) is 0 Å². The molecular weight excluding hydrogens is 232 g/mol. The molecule has 0 spiro atoms. The minimum Gasteiger partial charge on any atom is -0.344 e.